The molecular formula is C52H96N2O8. The summed E-state index contributed by atoms with van der Waals surface area (Å²) in [7, 11) is 0. The molecule has 10 nitrogen and oxygen atoms in total. The number of carboxylic acid groups (broad SMARTS) is 2. The zero-order valence-electron chi connectivity index (χ0n) is 41.7. The molecule has 0 aromatic heterocycles. The van der Waals surface area contributed by atoms with Gasteiger partial charge in [-0.05, 0) is 68.2 Å². The molecule has 0 aliphatic carbocycles. The maximum Gasteiger partial charge on any atom is 0.314 e. The molecule has 0 amide bonds. The summed E-state index contributed by atoms with van der Waals surface area (Å²) < 4.78 is 12.8. The highest BCUT2D eigenvalue weighted by Crippen LogP contribution is 2.54. The number of piperidine rings is 2. The van der Waals surface area contributed by atoms with E-state index in [1.165, 1.54) is 77.0 Å². The molecule has 0 aromatic carbocycles. The van der Waals surface area contributed by atoms with Crippen molar-refractivity contribution in [1.29, 1.82) is 0 Å². The van der Waals surface area contributed by atoms with Crippen molar-refractivity contribution < 1.29 is 38.9 Å². The van der Waals surface area contributed by atoms with Crippen LogP contribution in [0.3, 0.4) is 0 Å². The second kappa shape index (κ2) is 26.7. The number of carbonyl (C=O) groups excluding carboxylic acids is 2. The van der Waals surface area contributed by atoms with Gasteiger partial charge in [0.15, 0.2) is 0 Å². The predicted octanol–water partition coefficient (Wildman–Crippen LogP) is 13.0. The summed E-state index contributed by atoms with van der Waals surface area (Å²) in [6, 6.07) is 0. The molecule has 4 N–H and O–H groups in total. The van der Waals surface area contributed by atoms with E-state index in [-0.39, 0.29) is 35.0 Å². The highest BCUT2D eigenvalue weighted by molar-refractivity contribution is 5.93. The Labute approximate surface area is 379 Å². The molecule has 2 aliphatic rings. The van der Waals surface area contributed by atoms with Crippen LogP contribution in [0.15, 0.2) is 0 Å². The Kier molecular flexibility index (Phi) is 24.1. The lowest BCUT2D eigenvalue weighted by atomic mass is 9.55. The molecule has 2 heterocycles. The van der Waals surface area contributed by atoms with Gasteiger partial charge >= 0.3 is 23.9 Å². The molecule has 2 rings (SSSR count). The van der Waals surface area contributed by atoms with E-state index in [2.05, 4.69) is 79.9 Å². The van der Waals surface area contributed by atoms with Crippen molar-refractivity contribution in [3.63, 3.8) is 0 Å². The van der Waals surface area contributed by atoms with Crippen LogP contribution in [0.5, 0.6) is 0 Å². The largest absolute Gasteiger partial charge is 0.481 e. The molecule has 0 bridgehead atoms. The fourth-order valence-electron chi connectivity index (χ4n) is 11.6. The Morgan fingerprint density at radius 1 is 0.468 bits per heavy atom. The minimum atomic E-state index is -2.09. The van der Waals surface area contributed by atoms with Crippen LogP contribution in [0, 0.1) is 10.8 Å². The van der Waals surface area contributed by atoms with Gasteiger partial charge in [-0.2, -0.15) is 0 Å². The number of carbonyl (C=O) groups is 4. The highest BCUT2D eigenvalue weighted by Gasteiger charge is 2.64. The number of carboxylic acids is 2. The average molecular weight is 877 g/mol. The van der Waals surface area contributed by atoms with Crippen LogP contribution in [-0.2, 0) is 28.7 Å². The highest BCUT2D eigenvalue weighted by atomic mass is 16.6. The lowest BCUT2D eigenvalue weighted by Crippen LogP contribution is -2.61. The van der Waals surface area contributed by atoms with E-state index < -0.39 is 59.8 Å². The van der Waals surface area contributed by atoms with Crippen LogP contribution in [0.1, 0.15) is 262 Å². The molecule has 0 radical (unpaired) electrons. The van der Waals surface area contributed by atoms with E-state index in [0.717, 1.165) is 44.9 Å². The van der Waals surface area contributed by atoms with E-state index in [4.69, 9.17) is 9.47 Å². The van der Waals surface area contributed by atoms with Crippen LogP contribution in [0.25, 0.3) is 0 Å². The smallest absolute Gasteiger partial charge is 0.314 e. The molecule has 2 atom stereocenters. The summed E-state index contributed by atoms with van der Waals surface area (Å²) in [5, 5.41) is 29.4. The molecule has 2 saturated heterocycles. The number of unbranched alkanes of at least 4 members (excludes halogenated alkanes) is 20. The minimum Gasteiger partial charge on any atom is -0.481 e. The molecule has 2 fully saturated rings. The first-order valence-corrected chi connectivity index (χ1v) is 25.5. The van der Waals surface area contributed by atoms with Crippen molar-refractivity contribution in [2.45, 2.75) is 296 Å². The topological polar surface area (TPSA) is 151 Å². The second-order valence-corrected chi connectivity index (χ2v) is 22.5. The Hall–Kier alpha value is -2.20. The summed E-state index contributed by atoms with van der Waals surface area (Å²) in [6.45, 7) is 21.0. The van der Waals surface area contributed by atoms with Gasteiger partial charge in [0.25, 0.3) is 0 Å². The van der Waals surface area contributed by atoms with E-state index in [0.29, 0.717) is 44.9 Å². The van der Waals surface area contributed by atoms with Crippen molar-refractivity contribution in [3.8, 4) is 0 Å². The van der Waals surface area contributed by atoms with Gasteiger partial charge in [0.1, 0.15) is 12.2 Å². The van der Waals surface area contributed by atoms with Gasteiger partial charge in [-0.15, -0.1) is 0 Å². The maximum absolute atomic E-state index is 15.4. The van der Waals surface area contributed by atoms with Crippen LogP contribution < -0.4 is 10.6 Å². The normalized spacial score (nSPS) is 20.5. The third kappa shape index (κ3) is 19.9. The lowest BCUT2D eigenvalue weighted by molar-refractivity contribution is -0.195. The van der Waals surface area contributed by atoms with Crippen molar-refractivity contribution >= 4 is 23.9 Å². The molecule has 0 spiro atoms. The van der Waals surface area contributed by atoms with E-state index >= 15 is 4.79 Å². The number of rotatable bonds is 33. The fraction of sp³-hybridized carbons (Fsp3) is 0.923. The van der Waals surface area contributed by atoms with Crippen molar-refractivity contribution in [1.82, 2.24) is 10.6 Å². The molecule has 2 unspecified atom stereocenters. The summed E-state index contributed by atoms with van der Waals surface area (Å²) in [5.41, 5.74) is -5.44. The van der Waals surface area contributed by atoms with Crippen LogP contribution in [0.2, 0.25) is 0 Å². The summed E-state index contributed by atoms with van der Waals surface area (Å²) in [4.78, 5) is 57.1. The number of ether oxygens (including phenoxy) is 2. The first-order chi connectivity index (χ1) is 29.0. The molecular weight excluding hydrogens is 781 g/mol. The first-order valence-electron chi connectivity index (χ1n) is 25.5. The number of esters is 2. The summed E-state index contributed by atoms with van der Waals surface area (Å²) in [6.07, 6.45) is 23.1. The standard InChI is InChI=1S/C52H96N2O8/c1-11-13-15-17-19-21-23-25-27-29-31-33-51(45(58)59,39-43(55)56)52(34-32-30-28-26-24-22-20-18-16-14-12-2,46(60)62-42-37-49(7,8)54-50(9,10)38-42)40-44(57)61-41-35-47(3,4)53-48(5,6)36-41/h41-42,53-54H,11-40H2,1-10H3,(H,55,56)(H,58,59). The number of hydrogen-bond donors (Lipinski definition) is 4. The average Bonchev–Trinajstić information content (AvgIpc) is 3.12. The summed E-state index contributed by atoms with van der Waals surface area (Å²) in [5.74, 6) is -4.08. The molecule has 2 aliphatic heterocycles. The van der Waals surface area contributed by atoms with Crippen molar-refractivity contribution in [2.75, 3.05) is 0 Å². The van der Waals surface area contributed by atoms with Gasteiger partial charge in [0.05, 0.1) is 23.7 Å². The maximum atomic E-state index is 15.4. The molecule has 10 heteroatoms. The van der Waals surface area contributed by atoms with Gasteiger partial charge in [-0.1, -0.05) is 155 Å². The third-order valence-electron chi connectivity index (χ3n) is 13.9. The zero-order chi connectivity index (χ0) is 46.5. The molecule has 0 saturated carbocycles. The molecule has 362 valence electrons. The second-order valence-electron chi connectivity index (χ2n) is 22.5. The lowest BCUT2D eigenvalue weighted by Gasteiger charge is -2.49. The Bertz CT molecular complexity index is 1310. The summed E-state index contributed by atoms with van der Waals surface area (Å²) >= 11 is 0. The van der Waals surface area contributed by atoms with Gasteiger partial charge in [0, 0.05) is 47.8 Å². The van der Waals surface area contributed by atoms with Gasteiger partial charge in [-0.3, -0.25) is 19.2 Å². The molecule has 62 heavy (non-hydrogen) atoms. The molecule has 0 aromatic rings. The van der Waals surface area contributed by atoms with E-state index in [1.54, 1.807) is 0 Å². The Morgan fingerprint density at radius 2 is 0.774 bits per heavy atom. The predicted molar refractivity (Wildman–Crippen MR) is 252 cm³/mol. The fourth-order valence-corrected chi connectivity index (χ4v) is 11.6. The van der Waals surface area contributed by atoms with E-state index in [9.17, 15) is 24.6 Å². The van der Waals surface area contributed by atoms with Crippen LogP contribution >= 0.6 is 0 Å². The Morgan fingerprint density at radius 3 is 1.10 bits per heavy atom. The SMILES string of the molecule is CCCCCCCCCCCCCC(CC(=O)O)(C(=O)O)C(CCCCCCCCCCCCC)(CC(=O)OC1CC(C)(C)NC(C)(C)C1)C(=O)OC1CC(C)(C)NC(C)(C)C1. The van der Waals surface area contributed by atoms with Crippen LogP contribution in [-0.4, -0.2) is 68.5 Å². The third-order valence-corrected chi connectivity index (χ3v) is 13.9. The van der Waals surface area contributed by atoms with Crippen molar-refractivity contribution in [2.24, 2.45) is 10.8 Å². The minimum absolute atomic E-state index is 0.0382. The first kappa shape index (κ1) is 55.9. The number of nitrogens with one attached hydrogen (secondary N) is 2. The quantitative estimate of drug-likeness (QED) is 0.0370. The number of aliphatic carboxylic acids is 2. The van der Waals surface area contributed by atoms with E-state index in [1.807, 2.05) is 0 Å². The van der Waals surface area contributed by atoms with Crippen LogP contribution in [0.4, 0.5) is 0 Å². The monoisotopic (exact) mass is 877 g/mol. The van der Waals surface area contributed by atoms with Gasteiger partial charge in [0.2, 0.25) is 0 Å². The zero-order valence-corrected chi connectivity index (χ0v) is 41.7. The number of hydrogen-bond acceptors (Lipinski definition) is 8. The van der Waals surface area contributed by atoms with Gasteiger partial charge in [-0.25, -0.2) is 0 Å². The Balaban J connectivity index is 2.54. The van der Waals surface area contributed by atoms with Gasteiger partial charge < -0.3 is 30.3 Å². The van der Waals surface area contributed by atoms with Crippen molar-refractivity contribution in [3.05, 3.63) is 0 Å².